The predicted molar refractivity (Wildman–Crippen MR) is 79.1 cm³/mol. The van der Waals surface area contributed by atoms with Gasteiger partial charge in [-0.15, -0.1) is 0 Å². The topological polar surface area (TPSA) is 33.1 Å². The minimum atomic E-state index is 0.776. The van der Waals surface area contributed by atoms with Crippen LogP contribution in [0, 0.1) is 0 Å². The van der Waals surface area contributed by atoms with Crippen molar-refractivity contribution in [3.8, 4) is 0 Å². The number of hydrogen-bond donors (Lipinski definition) is 1. The number of nitrogens with one attached hydrogen (secondary N) is 1. The van der Waals surface area contributed by atoms with Crippen molar-refractivity contribution in [1.29, 1.82) is 0 Å². The molecule has 1 aromatic heterocycles. The lowest BCUT2D eigenvalue weighted by molar-refractivity contribution is 0.156. The highest BCUT2D eigenvalue weighted by Gasteiger charge is 2.17. The molecule has 0 bridgehead atoms. The van der Waals surface area contributed by atoms with Crippen LogP contribution in [0.2, 0.25) is 0 Å². The van der Waals surface area contributed by atoms with Gasteiger partial charge in [0.1, 0.15) is 0 Å². The number of hydrogen-bond acceptors (Lipinski definition) is 3. The number of imidazole rings is 1. The second kappa shape index (κ2) is 7.65. The Morgan fingerprint density at radius 1 is 1.37 bits per heavy atom. The molecule has 0 radical (unpaired) electrons. The van der Waals surface area contributed by atoms with Gasteiger partial charge in [0.05, 0.1) is 12.0 Å². The highest BCUT2D eigenvalue weighted by Crippen LogP contribution is 2.16. The van der Waals surface area contributed by atoms with Gasteiger partial charge in [0.2, 0.25) is 0 Å². The Morgan fingerprint density at radius 2 is 2.26 bits per heavy atom. The molecule has 1 fully saturated rings. The first-order valence-corrected chi connectivity index (χ1v) is 7.75. The summed E-state index contributed by atoms with van der Waals surface area (Å²) in [6, 6.07) is 0.776. The Morgan fingerprint density at radius 3 is 3.05 bits per heavy atom. The van der Waals surface area contributed by atoms with Gasteiger partial charge in [-0.3, -0.25) is 0 Å². The molecule has 1 unspecified atom stereocenters. The Kier molecular flexibility index (Phi) is 5.86. The van der Waals surface area contributed by atoms with Gasteiger partial charge in [-0.05, 0) is 39.3 Å². The maximum Gasteiger partial charge on any atom is 0.0948 e. The van der Waals surface area contributed by atoms with E-state index in [4.69, 9.17) is 0 Å². The lowest BCUT2D eigenvalue weighted by atomic mass is 10.0. The summed E-state index contributed by atoms with van der Waals surface area (Å²) < 4.78 is 2.29. The molecular formula is C15H28N4. The molecule has 1 N–H and O–H groups in total. The lowest BCUT2D eigenvalue weighted by Crippen LogP contribution is -2.38. The molecule has 0 spiro atoms. The summed E-state index contributed by atoms with van der Waals surface area (Å²) in [6.45, 7) is 10.0. The third-order valence-electron chi connectivity index (χ3n) is 4.14. The third kappa shape index (κ3) is 4.32. The zero-order valence-electron chi connectivity index (χ0n) is 12.4. The zero-order valence-corrected chi connectivity index (χ0v) is 12.4. The van der Waals surface area contributed by atoms with Crippen LogP contribution in [0.5, 0.6) is 0 Å². The smallest absolute Gasteiger partial charge is 0.0948 e. The van der Waals surface area contributed by atoms with Crippen LogP contribution < -0.4 is 5.32 Å². The molecule has 4 heteroatoms. The first-order valence-electron chi connectivity index (χ1n) is 7.75. The molecule has 0 aromatic carbocycles. The van der Waals surface area contributed by atoms with Crippen molar-refractivity contribution in [2.75, 3.05) is 19.6 Å². The lowest BCUT2D eigenvalue weighted by Gasteiger charge is -2.33. The number of likely N-dealkylation sites (tertiary alicyclic amines) is 1. The van der Waals surface area contributed by atoms with E-state index in [0.29, 0.717) is 0 Å². The number of rotatable bonds is 7. The molecule has 1 atom stereocenters. The van der Waals surface area contributed by atoms with Gasteiger partial charge in [0, 0.05) is 31.9 Å². The Balaban J connectivity index is 1.74. The maximum absolute atomic E-state index is 4.26. The number of aromatic nitrogens is 2. The Bertz CT molecular complexity index is 361. The first kappa shape index (κ1) is 14.5. The van der Waals surface area contributed by atoms with E-state index in [-0.39, 0.29) is 0 Å². The van der Waals surface area contributed by atoms with Crippen LogP contribution in [0.15, 0.2) is 12.5 Å². The quantitative estimate of drug-likeness (QED) is 0.820. The number of nitrogens with zero attached hydrogens (tertiary/aromatic N) is 3. The van der Waals surface area contributed by atoms with Gasteiger partial charge in [-0.25, -0.2) is 4.98 Å². The largest absolute Gasteiger partial charge is 0.333 e. The monoisotopic (exact) mass is 264 g/mol. The van der Waals surface area contributed by atoms with Crippen LogP contribution in [0.1, 0.15) is 45.2 Å². The predicted octanol–water partition coefficient (Wildman–Crippen LogP) is 2.26. The van der Waals surface area contributed by atoms with E-state index in [1.165, 1.54) is 44.5 Å². The molecule has 1 aliphatic heterocycles. The number of aryl methyl sites for hydroxylation is 1. The van der Waals surface area contributed by atoms with E-state index in [0.717, 1.165) is 25.7 Å². The van der Waals surface area contributed by atoms with Crippen LogP contribution in [0.3, 0.4) is 0 Å². The highest BCUT2D eigenvalue weighted by atomic mass is 15.2. The fourth-order valence-corrected chi connectivity index (χ4v) is 2.88. The van der Waals surface area contributed by atoms with Crippen molar-refractivity contribution in [1.82, 2.24) is 19.8 Å². The van der Waals surface area contributed by atoms with Crippen LogP contribution in [-0.4, -0.2) is 40.1 Å². The summed E-state index contributed by atoms with van der Waals surface area (Å²) in [5, 5.41) is 3.37. The number of piperidine rings is 1. The van der Waals surface area contributed by atoms with E-state index in [1.54, 1.807) is 0 Å². The molecule has 1 saturated heterocycles. The van der Waals surface area contributed by atoms with Gasteiger partial charge in [0.25, 0.3) is 0 Å². The average Bonchev–Trinajstić information content (AvgIpc) is 2.86. The average molecular weight is 264 g/mol. The summed E-state index contributed by atoms with van der Waals surface area (Å²) >= 11 is 0. The van der Waals surface area contributed by atoms with E-state index < -0.39 is 0 Å². The summed E-state index contributed by atoms with van der Waals surface area (Å²) in [5.74, 6) is 0. The fourth-order valence-electron chi connectivity index (χ4n) is 2.88. The van der Waals surface area contributed by atoms with Crippen LogP contribution in [-0.2, 0) is 13.1 Å². The fraction of sp³-hybridized carbons (Fsp3) is 0.800. The molecule has 0 aliphatic carbocycles. The van der Waals surface area contributed by atoms with Gasteiger partial charge in [-0.2, -0.15) is 0 Å². The first-order chi connectivity index (χ1) is 9.31. The summed E-state index contributed by atoms with van der Waals surface area (Å²) in [6.07, 6.45) is 9.32. The highest BCUT2D eigenvalue weighted by molar-refractivity contribution is 4.97. The minimum absolute atomic E-state index is 0.776. The van der Waals surface area contributed by atoms with E-state index in [2.05, 4.69) is 33.6 Å². The Labute approximate surface area is 117 Å². The minimum Gasteiger partial charge on any atom is -0.333 e. The third-order valence-corrected chi connectivity index (χ3v) is 4.14. The van der Waals surface area contributed by atoms with Crippen molar-refractivity contribution >= 4 is 0 Å². The van der Waals surface area contributed by atoms with Gasteiger partial charge in [-0.1, -0.05) is 13.3 Å². The van der Waals surface area contributed by atoms with Crippen LogP contribution in [0.4, 0.5) is 0 Å². The van der Waals surface area contributed by atoms with E-state index in [9.17, 15) is 0 Å². The van der Waals surface area contributed by atoms with Gasteiger partial charge in [0.15, 0.2) is 0 Å². The van der Waals surface area contributed by atoms with Crippen LogP contribution >= 0.6 is 0 Å². The molecule has 0 saturated carbocycles. The summed E-state index contributed by atoms with van der Waals surface area (Å²) in [5.41, 5.74) is 1.30. The molecule has 0 amide bonds. The normalized spacial score (nSPS) is 20.8. The zero-order chi connectivity index (χ0) is 13.5. The van der Waals surface area contributed by atoms with E-state index in [1.807, 2.05) is 12.5 Å². The van der Waals surface area contributed by atoms with Crippen molar-refractivity contribution in [3.63, 3.8) is 0 Å². The molecule has 2 rings (SSSR count). The molecular weight excluding hydrogens is 236 g/mol. The summed E-state index contributed by atoms with van der Waals surface area (Å²) in [7, 11) is 0. The van der Waals surface area contributed by atoms with Crippen molar-refractivity contribution in [2.24, 2.45) is 0 Å². The van der Waals surface area contributed by atoms with Crippen molar-refractivity contribution in [2.45, 2.75) is 58.7 Å². The molecule has 4 nitrogen and oxygen atoms in total. The molecule has 1 aromatic rings. The molecule has 19 heavy (non-hydrogen) atoms. The van der Waals surface area contributed by atoms with Crippen molar-refractivity contribution < 1.29 is 0 Å². The molecule has 108 valence electrons. The SMILES string of the molecule is CCNCc1cncn1CCCN1CCCCC1C. The second-order valence-electron chi connectivity index (χ2n) is 5.59. The standard InChI is InChI=1S/C15H28N4/c1-3-16-11-15-12-17-13-19(15)10-6-9-18-8-5-4-7-14(18)2/h12-14,16H,3-11H2,1-2H3. The van der Waals surface area contributed by atoms with Crippen LogP contribution in [0.25, 0.3) is 0 Å². The second-order valence-corrected chi connectivity index (χ2v) is 5.59. The Hall–Kier alpha value is -0.870. The molecule has 1 aliphatic rings. The van der Waals surface area contributed by atoms with Gasteiger partial charge >= 0.3 is 0 Å². The van der Waals surface area contributed by atoms with Gasteiger partial charge < -0.3 is 14.8 Å². The van der Waals surface area contributed by atoms with E-state index >= 15 is 0 Å². The summed E-state index contributed by atoms with van der Waals surface area (Å²) in [4.78, 5) is 6.91. The van der Waals surface area contributed by atoms with Crippen molar-refractivity contribution in [3.05, 3.63) is 18.2 Å². The molecule has 2 heterocycles. The maximum atomic E-state index is 4.26.